The topological polar surface area (TPSA) is 62.1 Å². The van der Waals surface area contributed by atoms with Gasteiger partial charge in [-0.1, -0.05) is 37.9 Å². The summed E-state index contributed by atoms with van der Waals surface area (Å²) in [5, 5.41) is 11.9. The van der Waals surface area contributed by atoms with Crippen LogP contribution >= 0.6 is 31.9 Å². The van der Waals surface area contributed by atoms with Crippen molar-refractivity contribution in [2.75, 3.05) is 12.4 Å². The summed E-state index contributed by atoms with van der Waals surface area (Å²) in [6, 6.07) is 12.3. The van der Waals surface area contributed by atoms with E-state index in [0.717, 1.165) is 8.95 Å². The maximum Gasteiger partial charge on any atom is 0.255 e. The van der Waals surface area contributed by atoms with Gasteiger partial charge in [0.15, 0.2) is 0 Å². The van der Waals surface area contributed by atoms with Crippen LogP contribution in [0.25, 0.3) is 0 Å². The zero-order valence-corrected chi connectivity index (χ0v) is 14.2. The summed E-state index contributed by atoms with van der Waals surface area (Å²) in [5.74, 6) is 0.120. The number of para-hydroxylation sites is 1. The number of halogens is 2. The number of methoxy groups -OCH3 is 1. The first kappa shape index (κ1) is 15.5. The molecule has 0 radical (unpaired) electrons. The van der Waals surface area contributed by atoms with Crippen LogP contribution in [0.2, 0.25) is 0 Å². The van der Waals surface area contributed by atoms with Gasteiger partial charge in [0.2, 0.25) is 0 Å². The second kappa shape index (κ2) is 6.74. The number of anilines is 1. The van der Waals surface area contributed by atoms with Crippen LogP contribution in [-0.2, 0) is 0 Å². The molecule has 0 heterocycles. The first-order valence-electron chi connectivity index (χ1n) is 5.89. The van der Waals surface area contributed by atoms with Crippen molar-refractivity contribution in [3.63, 3.8) is 0 Å². The Balaban J connectivity index is 2.38. The fourth-order valence-electron chi connectivity index (χ4n) is 1.79. The number of amides is 1. The van der Waals surface area contributed by atoms with E-state index in [1.807, 2.05) is 12.1 Å². The SMILES string of the molecule is COc1cccc(C#N)c1NC(=O)c1cc(Br)cc(Br)c1. The van der Waals surface area contributed by atoms with Crippen molar-refractivity contribution < 1.29 is 9.53 Å². The first-order chi connectivity index (χ1) is 10.0. The van der Waals surface area contributed by atoms with E-state index in [9.17, 15) is 4.79 Å². The number of hydrogen-bond donors (Lipinski definition) is 1. The molecule has 21 heavy (non-hydrogen) atoms. The Morgan fingerprint density at radius 3 is 2.48 bits per heavy atom. The smallest absolute Gasteiger partial charge is 0.255 e. The summed E-state index contributed by atoms with van der Waals surface area (Å²) < 4.78 is 6.75. The summed E-state index contributed by atoms with van der Waals surface area (Å²) >= 11 is 6.67. The van der Waals surface area contributed by atoms with E-state index in [1.54, 1.807) is 30.3 Å². The third kappa shape index (κ3) is 3.63. The van der Waals surface area contributed by atoms with Crippen molar-refractivity contribution in [3.8, 4) is 11.8 Å². The van der Waals surface area contributed by atoms with E-state index in [4.69, 9.17) is 10.00 Å². The van der Waals surface area contributed by atoms with Crippen molar-refractivity contribution in [1.29, 1.82) is 5.26 Å². The van der Waals surface area contributed by atoms with Gasteiger partial charge in [-0.25, -0.2) is 0 Å². The highest BCUT2D eigenvalue weighted by molar-refractivity contribution is 9.11. The van der Waals surface area contributed by atoms with E-state index in [-0.39, 0.29) is 5.91 Å². The maximum atomic E-state index is 12.3. The molecule has 0 fully saturated rings. The summed E-state index contributed by atoms with van der Waals surface area (Å²) in [6.07, 6.45) is 0. The summed E-state index contributed by atoms with van der Waals surface area (Å²) in [6.45, 7) is 0. The van der Waals surface area contributed by atoms with Crippen molar-refractivity contribution in [2.24, 2.45) is 0 Å². The largest absolute Gasteiger partial charge is 0.495 e. The minimum absolute atomic E-state index is 0.321. The van der Waals surface area contributed by atoms with Gasteiger partial charge in [-0.15, -0.1) is 0 Å². The van der Waals surface area contributed by atoms with Crippen molar-refractivity contribution in [1.82, 2.24) is 0 Å². The molecule has 106 valence electrons. The third-order valence-electron chi connectivity index (χ3n) is 2.73. The lowest BCUT2D eigenvalue weighted by Gasteiger charge is -2.12. The quantitative estimate of drug-likeness (QED) is 0.819. The van der Waals surface area contributed by atoms with E-state index in [2.05, 4.69) is 37.2 Å². The van der Waals surface area contributed by atoms with Gasteiger partial charge in [0, 0.05) is 14.5 Å². The van der Waals surface area contributed by atoms with Gasteiger partial charge in [0.25, 0.3) is 5.91 Å². The number of carbonyl (C=O) groups is 1. The maximum absolute atomic E-state index is 12.3. The Bertz CT molecular complexity index is 719. The minimum Gasteiger partial charge on any atom is -0.495 e. The molecular formula is C15H10Br2N2O2. The van der Waals surface area contributed by atoms with Gasteiger partial charge in [0.05, 0.1) is 12.7 Å². The van der Waals surface area contributed by atoms with Crippen LogP contribution in [-0.4, -0.2) is 13.0 Å². The molecule has 0 atom stereocenters. The van der Waals surface area contributed by atoms with Crippen LogP contribution in [0.4, 0.5) is 5.69 Å². The molecule has 0 spiro atoms. The Kier molecular flexibility index (Phi) is 4.99. The molecule has 1 amide bonds. The van der Waals surface area contributed by atoms with Crippen molar-refractivity contribution in [2.45, 2.75) is 0 Å². The minimum atomic E-state index is -0.321. The molecule has 0 aromatic heterocycles. The molecule has 1 N–H and O–H groups in total. The predicted octanol–water partition coefficient (Wildman–Crippen LogP) is 4.34. The number of benzene rings is 2. The van der Waals surface area contributed by atoms with Gasteiger partial charge in [-0.3, -0.25) is 4.79 Å². The molecule has 0 aliphatic rings. The van der Waals surface area contributed by atoms with Gasteiger partial charge >= 0.3 is 0 Å². The second-order valence-corrected chi connectivity index (χ2v) is 5.94. The zero-order valence-electron chi connectivity index (χ0n) is 11.0. The van der Waals surface area contributed by atoms with Crippen molar-refractivity contribution >= 4 is 43.5 Å². The van der Waals surface area contributed by atoms with Crippen LogP contribution in [0.15, 0.2) is 45.3 Å². The zero-order chi connectivity index (χ0) is 15.4. The first-order valence-corrected chi connectivity index (χ1v) is 7.48. The van der Waals surface area contributed by atoms with Crippen LogP contribution in [0.3, 0.4) is 0 Å². The Labute approximate surface area is 139 Å². The number of carbonyl (C=O) groups excluding carboxylic acids is 1. The van der Waals surface area contributed by atoms with E-state index in [0.29, 0.717) is 22.6 Å². The van der Waals surface area contributed by atoms with E-state index < -0.39 is 0 Å². The fourth-order valence-corrected chi connectivity index (χ4v) is 3.09. The highest BCUT2D eigenvalue weighted by Crippen LogP contribution is 2.29. The number of nitrogens with zero attached hydrogens (tertiary/aromatic N) is 1. The third-order valence-corrected chi connectivity index (χ3v) is 3.65. The van der Waals surface area contributed by atoms with E-state index in [1.165, 1.54) is 7.11 Å². The number of hydrogen-bond acceptors (Lipinski definition) is 3. The molecule has 0 unspecified atom stereocenters. The molecule has 6 heteroatoms. The lowest BCUT2D eigenvalue weighted by atomic mass is 10.1. The molecule has 0 saturated carbocycles. The van der Waals surface area contributed by atoms with Gasteiger partial charge in [0.1, 0.15) is 17.5 Å². The molecule has 0 bridgehead atoms. The molecular weight excluding hydrogens is 400 g/mol. The van der Waals surface area contributed by atoms with Gasteiger partial charge in [-0.05, 0) is 30.3 Å². The summed E-state index contributed by atoms with van der Waals surface area (Å²) in [4.78, 5) is 12.3. The second-order valence-electron chi connectivity index (χ2n) is 4.11. The summed E-state index contributed by atoms with van der Waals surface area (Å²) in [5.41, 5.74) is 1.17. The molecule has 2 rings (SSSR count). The molecule has 0 aliphatic carbocycles. The Hall–Kier alpha value is -1.84. The molecule has 4 nitrogen and oxygen atoms in total. The average molecular weight is 410 g/mol. The van der Waals surface area contributed by atoms with E-state index >= 15 is 0 Å². The normalized spacial score (nSPS) is 9.81. The van der Waals surface area contributed by atoms with Gasteiger partial charge in [-0.2, -0.15) is 5.26 Å². The van der Waals surface area contributed by atoms with Crippen LogP contribution < -0.4 is 10.1 Å². The molecule has 2 aromatic rings. The highest BCUT2D eigenvalue weighted by Gasteiger charge is 2.14. The molecule has 0 saturated heterocycles. The summed E-state index contributed by atoms with van der Waals surface area (Å²) in [7, 11) is 1.49. The van der Waals surface area contributed by atoms with Crippen LogP contribution in [0.5, 0.6) is 5.75 Å². The number of rotatable bonds is 3. The Morgan fingerprint density at radius 1 is 1.24 bits per heavy atom. The van der Waals surface area contributed by atoms with Crippen molar-refractivity contribution in [3.05, 3.63) is 56.5 Å². The van der Waals surface area contributed by atoms with Gasteiger partial charge < -0.3 is 10.1 Å². The molecule has 2 aromatic carbocycles. The lowest BCUT2D eigenvalue weighted by Crippen LogP contribution is -2.13. The van der Waals surface area contributed by atoms with Crippen LogP contribution in [0, 0.1) is 11.3 Å². The number of ether oxygens (including phenoxy) is 1. The van der Waals surface area contributed by atoms with Crippen LogP contribution in [0.1, 0.15) is 15.9 Å². The molecule has 0 aliphatic heterocycles. The number of nitrogens with one attached hydrogen (secondary N) is 1. The highest BCUT2D eigenvalue weighted by atomic mass is 79.9. The number of nitriles is 1. The lowest BCUT2D eigenvalue weighted by molar-refractivity contribution is 0.102. The fraction of sp³-hybridized carbons (Fsp3) is 0.0667. The monoisotopic (exact) mass is 408 g/mol. The average Bonchev–Trinajstić information content (AvgIpc) is 2.46. The Morgan fingerprint density at radius 2 is 1.90 bits per heavy atom. The predicted molar refractivity (Wildman–Crippen MR) is 87.5 cm³/mol. The standard InChI is InChI=1S/C15H10Br2N2O2/c1-21-13-4-2-3-9(8-18)14(13)19-15(20)10-5-11(16)7-12(17)6-10/h2-7H,1H3,(H,19,20).